The van der Waals surface area contributed by atoms with Crippen LogP contribution in [0, 0.1) is 0 Å². The lowest BCUT2D eigenvalue weighted by Crippen LogP contribution is -2.45. The summed E-state index contributed by atoms with van der Waals surface area (Å²) in [4.78, 5) is 9.30. The molecule has 1 aliphatic heterocycles. The summed E-state index contributed by atoms with van der Waals surface area (Å²) in [6, 6.07) is 0.270. The minimum Gasteiger partial charge on any atom is -0.299 e. The summed E-state index contributed by atoms with van der Waals surface area (Å²) in [6.45, 7) is 4.53. The number of nitrogens with zero attached hydrogens (tertiary/aromatic N) is 2. The zero-order valence-electron chi connectivity index (χ0n) is 9.80. The lowest BCUT2D eigenvalue weighted by atomic mass is 10.3. The molecule has 0 saturated carbocycles. The molecule has 6 nitrogen and oxygen atoms in total. The Kier molecular flexibility index (Phi) is 3.38. The van der Waals surface area contributed by atoms with E-state index in [1.165, 1.54) is 0 Å². The quantitative estimate of drug-likeness (QED) is 0.444. The van der Waals surface area contributed by atoms with Gasteiger partial charge in [-0.1, -0.05) is 9.27 Å². The highest BCUT2D eigenvalue weighted by Gasteiger charge is 2.51. The highest BCUT2D eigenvalue weighted by atomic mass is 31.2. The molecule has 1 rings (SSSR count). The van der Waals surface area contributed by atoms with Crippen LogP contribution in [0.5, 0.6) is 0 Å². The molecule has 0 aliphatic carbocycles. The molecule has 0 spiro atoms. The van der Waals surface area contributed by atoms with Gasteiger partial charge in [0.25, 0.3) is 0 Å². The van der Waals surface area contributed by atoms with E-state index in [-0.39, 0.29) is 10.7 Å². The predicted octanol–water partition coefficient (Wildman–Crippen LogP) is 0.574. The van der Waals surface area contributed by atoms with Crippen molar-refractivity contribution in [1.29, 1.82) is 0 Å². The molecule has 88 valence electrons. The van der Waals surface area contributed by atoms with Gasteiger partial charge in [-0.2, -0.15) is 4.58 Å². The van der Waals surface area contributed by atoms with E-state index in [4.69, 9.17) is 4.62 Å². The lowest BCUT2D eigenvalue weighted by Gasteiger charge is -2.22. The molecule has 1 heterocycles. The van der Waals surface area contributed by atoms with E-state index in [0.717, 1.165) is 12.9 Å². The Morgan fingerprint density at radius 1 is 1.67 bits per heavy atom. The van der Waals surface area contributed by atoms with Gasteiger partial charge in [0.05, 0.1) is 6.92 Å². The highest BCUT2D eigenvalue weighted by Crippen LogP contribution is 2.45. The van der Waals surface area contributed by atoms with Gasteiger partial charge in [0, 0.05) is 14.0 Å². The van der Waals surface area contributed by atoms with Gasteiger partial charge in [-0.15, -0.1) is 0 Å². The average molecular weight is 238 g/mol. The zero-order valence-corrected chi connectivity index (χ0v) is 10.7. The molecular weight excluding hydrogens is 219 g/mol. The third kappa shape index (κ3) is 2.46. The summed E-state index contributed by atoms with van der Waals surface area (Å²) < 4.78 is 22.9. The topological polar surface area (TPSA) is 58.8 Å². The van der Waals surface area contributed by atoms with Crippen LogP contribution in [-0.2, 0) is 13.7 Å². The summed E-state index contributed by atoms with van der Waals surface area (Å²) >= 11 is 0. The molecular formula is C8H19N2O4P+2. The van der Waals surface area contributed by atoms with E-state index in [9.17, 15) is 9.46 Å². The second-order valence-corrected chi connectivity index (χ2v) is 5.49. The summed E-state index contributed by atoms with van der Waals surface area (Å²) in [5.74, 6) is 0.883. The van der Waals surface area contributed by atoms with Crippen LogP contribution in [0.25, 0.3) is 0 Å². The first kappa shape index (κ1) is 12.8. The maximum absolute atomic E-state index is 11.4. The summed E-state index contributed by atoms with van der Waals surface area (Å²) in [5, 5.41) is 0. The minimum absolute atomic E-state index is 0.0146. The van der Waals surface area contributed by atoms with Crippen molar-refractivity contribution < 1.29 is 27.8 Å². The first-order valence-electron chi connectivity index (χ1n) is 4.74. The number of quaternary nitrogens is 1. The smallest absolute Gasteiger partial charge is 0.299 e. The third-order valence-electron chi connectivity index (χ3n) is 2.98. The molecule has 0 aromatic heterocycles. The van der Waals surface area contributed by atoms with Crippen molar-refractivity contribution in [2.75, 3.05) is 27.7 Å². The van der Waals surface area contributed by atoms with Gasteiger partial charge in [-0.3, -0.25) is 9.42 Å². The van der Waals surface area contributed by atoms with Gasteiger partial charge in [-0.25, -0.2) is 4.57 Å². The van der Waals surface area contributed by atoms with Crippen LogP contribution in [0.4, 0.5) is 0 Å². The van der Waals surface area contributed by atoms with Crippen molar-refractivity contribution in [2.45, 2.75) is 19.9 Å². The molecule has 1 N–H and O–H groups in total. The normalized spacial score (nSPS) is 35.7. The fraction of sp³-hybridized carbons (Fsp3) is 0.875. The number of likely N-dealkylation sites (N-methyl/N-ethyl adjacent to an activating group) is 2. The average Bonchev–Trinajstić information content (AvgIpc) is 2.30. The number of phosphoric acid groups is 1. The van der Waals surface area contributed by atoms with E-state index >= 15 is 0 Å². The van der Waals surface area contributed by atoms with E-state index < -0.39 is 7.82 Å². The molecule has 3 unspecified atom stereocenters. The molecule has 1 aliphatic rings. The second kappa shape index (κ2) is 3.96. The number of hydrogen-bond acceptors (Lipinski definition) is 3. The molecule has 7 heteroatoms. The summed E-state index contributed by atoms with van der Waals surface area (Å²) in [6.07, 6.45) is 0. The number of rotatable bonds is 3. The third-order valence-corrected chi connectivity index (χ3v) is 4.01. The molecule has 0 fully saturated rings. The van der Waals surface area contributed by atoms with Crippen LogP contribution in [0.3, 0.4) is 0 Å². The highest BCUT2D eigenvalue weighted by molar-refractivity contribution is 7.47. The molecule has 0 radical (unpaired) electrons. The van der Waals surface area contributed by atoms with Crippen LogP contribution in [0.1, 0.15) is 13.8 Å². The maximum Gasteiger partial charge on any atom is 0.518 e. The van der Waals surface area contributed by atoms with Gasteiger partial charge >= 0.3 is 13.7 Å². The zero-order chi connectivity index (χ0) is 11.9. The van der Waals surface area contributed by atoms with Gasteiger partial charge < -0.3 is 0 Å². The number of hydrogen-bond donors (Lipinski definition) is 1. The first-order chi connectivity index (χ1) is 6.72. The van der Waals surface area contributed by atoms with Crippen LogP contribution in [0.2, 0.25) is 0 Å². The Bertz CT molecular complexity index is 344. The van der Waals surface area contributed by atoms with E-state index in [2.05, 4.69) is 4.52 Å². The standard InChI is InChI=1S/C8H18N2O4P/c1-7-6-10(4,8(2)9(7)3)14-15(11,12)13-5/h7H,6H2,1-5H3/q+1/p+1. The summed E-state index contributed by atoms with van der Waals surface area (Å²) in [7, 11) is 0.884. The Morgan fingerprint density at radius 3 is 2.53 bits per heavy atom. The Morgan fingerprint density at radius 2 is 2.20 bits per heavy atom. The molecule has 3 atom stereocenters. The van der Waals surface area contributed by atoms with Crippen molar-refractivity contribution >= 4 is 13.7 Å². The molecule has 0 aromatic carbocycles. The van der Waals surface area contributed by atoms with Crippen LogP contribution < -0.4 is 0 Å². The van der Waals surface area contributed by atoms with Crippen molar-refractivity contribution in [3.8, 4) is 0 Å². The predicted molar refractivity (Wildman–Crippen MR) is 55.3 cm³/mol. The van der Waals surface area contributed by atoms with Crippen LogP contribution in [-0.4, -0.2) is 53.7 Å². The second-order valence-electron chi connectivity index (χ2n) is 4.02. The number of phosphoric ester groups is 1. The van der Waals surface area contributed by atoms with E-state index in [1.54, 1.807) is 7.05 Å². The van der Waals surface area contributed by atoms with Gasteiger partial charge in [0.15, 0.2) is 6.54 Å². The van der Waals surface area contributed by atoms with Crippen molar-refractivity contribution in [3.63, 3.8) is 0 Å². The Labute approximate surface area is 89.9 Å². The molecule has 0 aromatic rings. The molecule has 0 saturated heterocycles. The number of amidine groups is 1. The fourth-order valence-corrected chi connectivity index (χ4v) is 2.47. The van der Waals surface area contributed by atoms with Crippen molar-refractivity contribution in [3.05, 3.63) is 0 Å². The van der Waals surface area contributed by atoms with Gasteiger partial charge in [0.1, 0.15) is 14.1 Å². The summed E-state index contributed by atoms with van der Waals surface area (Å²) in [5.41, 5.74) is 0. The molecule has 0 amide bonds. The largest absolute Gasteiger partial charge is 0.518 e. The van der Waals surface area contributed by atoms with Gasteiger partial charge in [0.2, 0.25) is 6.04 Å². The maximum atomic E-state index is 11.4. The number of hydroxylamine groups is 3. The van der Waals surface area contributed by atoms with E-state index in [1.807, 2.05) is 25.5 Å². The molecule has 15 heavy (non-hydrogen) atoms. The van der Waals surface area contributed by atoms with E-state index in [0.29, 0.717) is 6.54 Å². The van der Waals surface area contributed by atoms with Gasteiger partial charge in [-0.05, 0) is 0 Å². The van der Waals surface area contributed by atoms with Crippen molar-refractivity contribution in [2.24, 2.45) is 0 Å². The minimum atomic E-state index is -3.95. The Balaban J connectivity index is 2.92. The van der Waals surface area contributed by atoms with Crippen LogP contribution in [0.15, 0.2) is 0 Å². The fourth-order valence-electron chi connectivity index (χ4n) is 1.76. The lowest BCUT2D eigenvalue weighted by molar-refractivity contribution is -0.992. The molecule has 0 bridgehead atoms. The Hall–Kier alpha value is -0.260. The van der Waals surface area contributed by atoms with Crippen molar-refractivity contribution in [1.82, 2.24) is 0 Å². The van der Waals surface area contributed by atoms with Crippen LogP contribution >= 0.6 is 7.82 Å². The first-order valence-corrected chi connectivity index (χ1v) is 6.24. The SMILES string of the molecule is COP(=O)(O)O[N+]1(C)CC(C)[N+](C)=C1C. The monoisotopic (exact) mass is 238 g/mol.